The van der Waals surface area contributed by atoms with Crippen LogP contribution in [0.25, 0.3) is 11.1 Å². The predicted octanol–water partition coefficient (Wildman–Crippen LogP) is 2.51. The number of fused-ring (bicyclic) bond motifs is 1. The molecule has 0 aliphatic carbocycles. The molecule has 0 amide bonds. The van der Waals surface area contributed by atoms with Gasteiger partial charge in [-0.15, -0.1) is 0 Å². The second-order valence-electron chi connectivity index (χ2n) is 5.45. The molecule has 0 unspecified atom stereocenters. The zero-order valence-electron chi connectivity index (χ0n) is 13.5. The molecule has 7 nitrogen and oxygen atoms in total. The molecule has 2 heterocycles. The van der Waals surface area contributed by atoms with Crippen molar-refractivity contribution in [1.29, 1.82) is 0 Å². The Morgan fingerprint density at radius 1 is 1.17 bits per heavy atom. The van der Waals surface area contributed by atoms with Gasteiger partial charge >= 0.3 is 0 Å². The Morgan fingerprint density at radius 2 is 2.04 bits per heavy atom. The van der Waals surface area contributed by atoms with Crippen LogP contribution in [-0.4, -0.2) is 47.5 Å². The molecule has 0 atom stereocenters. The van der Waals surface area contributed by atoms with Crippen molar-refractivity contribution in [3.8, 4) is 0 Å². The fourth-order valence-corrected chi connectivity index (χ4v) is 2.20. The van der Waals surface area contributed by atoms with E-state index in [1.165, 1.54) is 0 Å². The maximum atomic E-state index is 5.81. The van der Waals surface area contributed by atoms with Crippen molar-refractivity contribution in [3.63, 3.8) is 0 Å². The molecular weight excluding hydrogens is 292 g/mol. The molecule has 3 aromatic rings. The first-order valence-electron chi connectivity index (χ1n) is 7.46. The van der Waals surface area contributed by atoms with Crippen LogP contribution in [0.15, 0.2) is 34.9 Å². The minimum absolute atomic E-state index is 0.516. The lowest BCUT2D eigenvalue weighted by atomic mass is 10.3. The van der Waals surface area contributed by atoms with E-state index in [1.54, 1.807) is 12.3 Å². The molecule has 7 heteroatoms. The number of para-hydroxylation sites is 1. The summed E-state index contributed by atoms with van der Waals surface area (Å²) in [5, 5.41) is 6.20. The highest BCUT2D eigenvalue weighted by Crippen LogP contribution is 2.26. The van der Waals surface area contributed by atoms with Gasteiger partial charge in [-0.1, -0.05) is 6.07 Å². The second-order valence-corrected chi connectivity index (χ2v) is 5.45. The Labute approximate surface area is 134 Å². The van der Waals surface area contributed by atoms with Crippen LogP contribution in [0.4, 0.5) is 17.5 Å². The van der Waals surface area contributed by atoms with Crippen molar-refractivity contribution in [3.05, 3.63) is 36.4 Å². The van der Waals surface area contributed by atoms with Crippen molar-refractivity contribution < 1.29 is 4.42 Å². The fourth-order valence-electron chi connectivity index (χ4n) is 2.20. The third-order valence-corrected chi connectivity index (χ3v) is 3.39. The Morgan fingerprint density at radius 3 is 2.83 bits per heavy atom. The zero-order valence-corrected chi connectivity index (χ0v) is 13.5. The highest BCUT2D eigenvalue weighted by atomic mass is 16.3. The average Bonchev–Trinajstić information content (AvgIpc) is 2.97. The van der Waals surface area contributed by atoms with E-state index in [0.717, 1.165) is 41.5 Å². The average molecular weight is 312 g/mol. The Kier molecular flexibility index (Phi) is 4.38. The first kappa shape index (κ1) is 15.2. The minimum Gasteiger partial charge on any atom is -0.441 e. The molecule has 120 valence electrons. The molecule has 3 rings (SSSR count). The van der Waals surface area contributed by atoms with E-state index in [1.807, 2.05) is 39.3 Å². The molecular formula is C16H20N6O. The van der Waals surface area contributed by atoms with Gasteiger partial charge in [0, 0.05) is 26.2 Å². The normalized spacial score (nSPS) is 11.1. The van der Waals surface area contributed by atoms with Crippen molar-refractivity contribution in [2.75, 3.05) is 38.3 Å². The van der Waals surface area contributed by atoms with Gasteiger partial charge in [-0.25, -0.2) is 9.97 Å². The summed E-state index contributed by atoms with van der Waals surface area (Å²) in [4.78, 5) is 15.3. The van der Waals surface area contributed by atoms with E-state index in [9.17, 15) is 0 Å². The minimum atomic E-state index is 0.516. The summed E-state index contributed by atoms with van der Waals surface area (Å²) in [6.07, 6.45) is 2.47. The molecule has 2 N–H and O–H groups in total. The molecule has 0 aliphatic heterocycles. The third-order valence-electron chi connectivity index (χ3n) is 3.39. The topological polar surface area (TPSA) is 79.1 Å². The van der Waals surface area contributed by atoms with E-state index in [4.69, 9.17) is 4.42 Å². The molecule has 2 aromatic heterocycles. The van der Waals surface area contributed by atoms with Gasteiger partial charge in [-0.2, -0.15) is 4.98 Å². The quantitative estimate of drug-likeness (QED) is 0.724. The van der Waals surface area contributed by atoms with Crippen molar-refractivity contribution >= 4 is 28.6 Å². The van der Waals surface area contributed by atoms with E-state index in [0.29, 0.717) is 5.95 Å². The van der Waals surface area contributed by atoms with Gasteiger partial charge in [0.15, 0.2) is 11.5 Å². The third kappa shape index (κ3) is 3.57. The Balaban J connectivity index is 1.88. The number of nitrogens with one attached hydrogen (secondary N) is 2. The van der Waals surface area contributed by atoms with Gasteiger partial charge in [0.05, 0.1) is 5.69 Å². The Hall–Kier alpha value is -2.67. The summed E-state index contributed by atoms with van der Waals surface area (Å²) in [6.45, 7) is 0.892. The van der Waals surface area contributed by atoms with E-state index >= 15 is 0 Å². The van der Waals surface area contributed by atoms with Gasteiger partial charge in [-0.3, -0.25) is 0 Å². The molecule has 0 spiro atoms. The molecule has 23 heavy (non-hydrogen) atoms. The molecule has 0 saturated carbocycles. The summed E-state index contributed by atoms with van der Waals surface area (Å²) in [5.74, 6) is 2.00. The lowest BCUT2D eigenvalue weighted by Crippen LogP contribution is -2.15. The zero-order chi connectivity index (χ0) is 16.2. The number of anilines is 3. The SMILES string of the molecule is CNc1ccnc(Nc2cccc3oc(CCN(C)C)nc23)n1. The van der Waals surface area contributed by atoms with Gasteiger partial charge in [0.1, 0.15) is 11.3 Å². The number of rotatable bonds is 6. The summed E-state index contributed by atoms with van der Waals surface area (Å²) in [6, 6.07) is 7.59. The van der Waals surface area contributed by atoms with E-state index in [-0.39, 0.29) is 0 Å². The van der Waals surface area contributed by atoms with Crippen LogP contribution in [0.5, 0.6) is 0 Å². The van der Waals surface area contributed by atoms with E-state index in [2.05, 4.69) is 30.5 Å². The van der Waals surface area contributed by atoms with Crippen molar-refractivity contribution in [2.24, 2.45) is 0 Å². The summed E-state index contributed by atoms with van der Waals surface area (Å²) in [7, 11) is 5.88. The molecule has 0 bridgehead atoms. The first-order valence-corrected chi connectivity index (χ1v) is 7.46. The first-order chi connectivity index (χ1) is 11.2. The number of likely N-dealkylation sites (N-methyl/N-ethyl adjacent to an activating group) is 1. The molecule has 0 radical (unpaired) electrons. The monoisotopic (exact) mass is 312 g/mol. The van der Waals surface area contributed by atoms with Crippen LogP contribution < -0.4 is 10.6 Å². The van der Waals surface area contributed by atoms with Crippen molar-refractivity contribution in [1.82, 2.24) is 19.9 Å². The fraction of sp³-hybridized carbons (Fsp3) is 0.312. The van der Waals surface area contributed by atoms with Crippen LogP contribution in [0.3, 0.4) is 0 Å². The smallest absolute Gasteiger partial charge is 0.229 e. The van der Waals surface area contributed by atoms with Gasteiger partial charge in [-0.05, 0) is 32.3 Å². The molecule has 0 saturated heterocycles. The standard InChI is InChI=1S/C16H20N6O/c1-17-13-7-9-18-16(20-13)19-11-5-4-6-12-15(11)21-14(23-12)8-10-22(2)3/h4-7,9H,8,10H2,1-3H3,(H2,17,18,19,20). The molecule has 0 aliphatic rings. The van der Waals surface area contributed by atoms with Crippen molar-refractivity contribution in [2.45, 2.75) is 6.42 Å². The van der Waals surface area contributed by atoms with Crippen LogP contribution in [0, 0.1) is 0 Å². The number of hydrogen-bond acceptors (Lipinski definition) is 7. The number of oxazole rings is 1. The van der Waals surface area contributed by atoms with Crippen LogP contribution in [0.2, 0.25) is 0 Å². The Bertz CT molecular complexity index is 798. The maximum Gasteiger partial charge on any atom is 0.229 e. The number of benzene rings is 1. The maximum absolute atomic E-state index is 5.81. The number of aromatic nitrogens is 3. The summed E-state index contributed by atoms with van der Waals surface area (Å²) in [5.41, 5.74) is 2.38. The van der Waals surface area contributed by atoms with Crippen LogP contribution in [0.1, 0.15) is 5.89 Å². The van der Waals surface area contributed by atoms with Gasteiger partial charge < -0.3 is 20.0 Å². The van der Waals surface area contributed by atoms with Gasteiger partial charge in [0.25, 0.3) is 0 Å². The number of nitrogens with zero attached hydrogens (tertiary/aromatic N) is 4. The number of hydrogen-bond donors (Lipinski definition) is 2. The summed E-state index contributed by atoms with van der Waals surface area (Å²) >= 11 is 0. The van der Waals surface area contributed by atoms with Gasteiger partial charge in [0.2, 0.25) is 5.95 Å². The lowest BCUT2D eigenvalue weighted by Gasteiger charge is -2.06. The lowest BCUT2D eigenvalue weighted by molar-refractivity contribution is 0.390. The molecule has 0 fully saturated rings. The summed E-state index contributed by atoms with van der Waals surface area (Å²) < 4.78 is 5.81. The highest BCUT2D eigenvalue weighted by molar-refractivity contribution is 5.88. The largest absolute Gasteiger partial charge is 0.441 e. The molecule has 1 aromatic carbocycles. The van der Waals surface area contributed by atoms with E-state index < -0.39 is 0 Å². The van der Waals surface area contributed by atoms with Crippen LogP contribution in [-0.2, 0) is 6.42 Å². The van der Waals surface area contributed by atoms with Crippen LogP contribution >= 0.6 is 0 Å². The predicted molar refractivity (Wildman–Crippen MR) is 91.1 cm³/mol. The highest BCUT2D eigenvalue weighted by Gasteiger charge is 2.11. The second kappa shape index (κ2) is 6.62.